The smallest absolute Gasteiger partial charge is 0.159 e. The Morgan fingerprint density at radius 2 is 1.13 bits per heavy atom. The molecule has 1 N–H and O–H groups in total. The Kier molecular flexibility index (Phi) is 7.51. The molecule has 0 radical (unpaired) electrons. The molecular formula is C49H33N3O. The van der Waals surface area contributed by atoms with E-state index in [1.165, 1.54) is 21.9 Å². The zero-order chi connectivity index (χ0) is 35.1. The quantitative estimate of drug-likeness (QED) is 0.190. The fourth-order valence-electron chi connectivity index (χ4n) is 7.50. The Morgan fingerprint density at radius 3 is 1.92 bits per heavy atom. The SMILES string of the molecule is c1ccc(C2=NC(c3ccc(-c4ccccc4)c(-c4ccc5ccccc5c4)c3)NC(c3cccc4oc5ccc(-c6ccccc6)cc5c34)=N2)cc1. The van der Waals surface area contributed by atoms with Crippen molar-refractivity contribution in [2.24, 2.45) is 9.98 Å². The van der Waals surface area contributed by atoms with Gasteiger partial charge in [0.25, 0.3) is 0 Å². The van der Waals surface area contributed by atoms with E-state index in [0.29, 0.717) is 5.84 Å². The van der Waals surface area contributed by atoms with Crippen molar-refractivity contribution in [3.8, 4) is 33.4 Å². The van der Waals surface area contributed by atoms with Crippen LogP contribution in [0.3, 0.4) is 0 Å². The van der Waals surface area contributed by atoms with Gasteiger partial charge >= 0.3 is 0 Å². The number of hydrogen-bond donors (Lipinski definition) is 1. The van der Waals surface area contributed by atoms with Gasteiger partial charge in [-0.05, 0) is 80.0 Å². The van der Waals surface area contributed by atoms with Gasteiger partial charge in [0.05, 0.1) is 0 Å². The Bertz CT molecular complexity index is 2850. The normalized spacial score (nSPS) is 14.2. The first-order valence-electron chi connectivity index (χ1n) is 17.9. The van der Waals surface area contributed by atoms with Crippen LogP contribution in [0, 0.1) is 0 Å². The highest BCUT2D eigenvalue weighted by Crippen LogP contribution is 2.38. The van der Waals surface area contributed by atoms with Crippen molar-refractivity contribution in [1.29, 1.82) is 0 Å². The third kappa shape index (κ3) is 5.67. The highest BCUT2D eigenvalue weighted by atomic mass is 16.3. The standard InChI is InChI=1S/C49H33N3O/c1-4-13-32(14-5-1)37-26-28-44-43(30-37)46-41(21-12-22-45(46)53-44)49-51-47(35-18-8-3-9-19-35)50-48(52-49)39-25-27-40(34-16-6-2-7-17-34)42(31-39)38-24-23-33-15-10-11-20-36(33)29-38/h1-31,48H,(H,50,51,52). The molecule has 4 nitrogen and oxygen atoms in total. The van der Waals surface area contributed by atoms with Gasteiger partial charge in [-0.3, -0.25) is 0 Å². The monoisotopic (exact) mass is 679 g/mol. The minimum absolute atomic E-state index is 0.393. The summed E-state index contributed by atoms with van der Waals surface area (Å²) in [6, 6.07) is 65.9. The maximum atomic E-state index is 6.44. The molecule has 0 amide bonds. The lowest BCUT2D eigenvalue weighted by Crippen LogP contribution is -2.33. The Morgan fingerprint density at radius 1 is 0.434 bits per heavy atom. The topological polar surface area (TPSA) is 49.9 Å². The second-order valence-electron chi connectivity index (χ2n) is 13.4. The third-order valence-electron chi connectivity index (χ3n) is 10.1. The summed E-state index contributed by atoms with van der Waals surface area (Å²) < 4.78 is 6.44. The van der Waals surface area contributed by atoms with E-state index in [9.17, 15) is 0 Å². The highest BCUT2D eigenvalue weighted by molar-refractivity contribution is 6.22. The van der Waals surface area contributed by atoms with Crippen LogP contribution in [-0.4, -0.2) is 11.7 Å². The van der Waals surface area contributed by atoms with E-state index in [2.05, 4.69) is 157 Å². The van der Waals surface area contributed by atoms with E-state index in [1.54, 1.807) is 0 Å². The molecule has 2 heterocycles. The number of benzene rings is 8. The summed E-state index contributed by atoms with van der Waals surface area (Å²) in [4.78, 5) is 10.5. The van der Waals surface area contributed by atoms with E-state index in [-0.39, 0.29) is 0 Å². The lowest BCUT2D eigenvalue weighted by atomic mass is 9.91. The molecule has 250 valence electrons. The average molecular weight is 680 g/mol. The van der Waals surface area contributed by atoms with E-state index >= 15 is 0 Å². The summed E-state index contributed by atoms with van der Waals surface area (Å²) in [5.41, 5.74) is 11.6. The van der Waals surface area contributed by atoms with Gasteiger partial charge in [0.15, 0.2) is 5.84 Å². The molecule has 9 aromatic rings. The maximum Gasteiger partial charge on any atom is 0.159 e. The molecular weight excluding hydrogens is 647 g/mol. The van der Waals surface area contributed by atoms with E-state index in [4.69, 9.17) is 14.4 Å². The number of aliphatic imine (C=N–C) groups is 2. The predicted molar refractivity (Wildman–Crippen MR) is 219 cm³/mol. The summed E-state index contributed by atoms with van der Waals surface area (Å²) in [5, 5.41) is 8.27. The fraction of sp³-hybridized carbons (Fsp3) is 0.0204. The van der Waals surface area contributed by atoms with Gasteiger partial charge < -0.3 is 9.73 Å². The molecule has 10 rings (SSSR count). The first-order chi connectivity index (χ1) is 26.2. The zero-order valence-corrected chi connectivity index (χ0v) is 28.8. The van der Waals surface area contributed by atoms with Crippen molar-refractivity contribution >= 4 is 44.4 Å². The molecule has 0 fully saturated rings. The van der Waals surface area contributed by atoms with Crippen molar-refractivity contribution in [1.82, 2.24) is 5.32 Å². The van der Waals surface area contributed by atoms with Gasteiger partial charge in [-0.1, -0.05) is 158 Å². The number of nitrogens with one attached hydrogen (secondary N) is 1. The molecule has 4 heteroatoms. The lowest BCUT2D eigenvalue weighted by Gasteiger charge is -2.25. The average Bonchev–Trinajstić information content (AvgIpc) is 3.62. The third-order valence-corrected chi connectivity index (χ3v) is 10.1. The second-order valence-corrected chi connectivity index (χ2v) is 13.4. The van der Waals surface area contributed by atoms with Crippen molar-refractivity contribution in [2.75, 3.05) is 0 Å². The van der Waals surface area contributed by atoms with Gasteiger partial charge in [0, 0.05) is 21.9 Å². The van der Waals surface area contributed by atoms with Crippen LogP contribution in [0.15, 0.2) is 202 Å². The number of hydrogen-bond acceptors (Lipinski definition) is 4. The number of fused-ring (bicyclic) bond motifs is 4. The molecule has 1 aliphatic heterocycles. The Balaban J connectivity index is 1.13. The molecule has 0 saturated heterocycles. The number of nitrogens with zero attached hydrogens (tertiary/aromatic N) is 2. The summed E-state index contributed by atoms with van der Waals surface area (Å²) in [7, 11) is 0. The van der Waals surface area contributed by atoms with Crippen molar-refractivity contribution in [3.63, 3.8) is 0 Å². The molecule has 0 bridgehead atoms. The molecule has 1 aromatic heterocycles. The van der Waals surface area contributed by atoms with Crippen LogP contribution in [0.2, 0.25) is 0 Å². The van der Waals surface area contributed by atoms with E-state index in [0.717, 1.165) is 66.7 Å². The molecule has 0 spiro atoms. The summed E-state index contributed by atoms with van der Waals surface area (Å²) >= 11 is 0. The van der Waals surface area contributed by atoms with Crippen molar-refractivity contribution < 1.29 is 4.42 Å². The van der Waals surface area contributed by atoms with Crippen LogP contribution in [0.5, 0.6) is 0 Å². The molecule has 1 atom stereocenters. The number of furan rings is 1. The predicted octanol–water partition coefficient (Wildman–Crippen LogP) is 12.2. The van der Waals surface area contributed by atoms with Gasteiger partial charge in [-0.2, -0.15) is 0 Å². The Labute approximate surface area is 307 Å². The maximum absolute atomic E-state index is 6.44. The van der Waals surface area contributed by atoms with Crippen LogP contribution < -0.4 is 5.32 Å². The number of rotatable bonds is 6. The van der Waals surface area contributed by atoms with Crippen molar-refractivity contribution in [3.05, 3.63) is 205 Å². The summed E-state index contributed by atoms with van der Waals surface area (Å²) in [5.74, 6) is 1.43. The van der Waals surface area contributed by atoms with Crippen LogP contribution in [0.1, 0.15) is 22.9 Å². The van der Waals surface area contributed by atoms with Crippen LogP contribution in [-0.2, 0) is 0 Å². The molecule has 53 heavy (non-hydrogen) atoms. The first-order valence-corrected chi connectivity index (χ1v) is 17.9. The van der Waals surface area contributed by atoms with Gasteiger partial charge in [-0.15, -0.1) is 0 Å². The van der Waals surface area contributed by atoms with E-state index < -0.39 is 6.17 Å². The van der Waals surface area contributed by atoms with Crippen LogP contribution in [0.25, 0.3) is 66.1 Å². The van der Waals surface area contributed by atoms with Crippen molar-refractivity contribution in [2.45, 2.75) is 6.17 Å². The molecule has 1 unspecified atom stereocenters. The van der Waals surface area contributed by atoms with E-state index in [1.807, 2.05) is 36.4 Å². The highest BCUT2D eigenvalue weighted by Gasteiger charge is 2.25. The second kappa shape index (κ2) is 12.9. The molecule has 0 saturated carbocycles. The largest absolute Gasteiger partial charge is 0.456 e. The zero-order valence-electron chi connectivity index (χ0n) is 28.8. The van der Waals surface area contributed by atoms with Crippen LogP contribution in [0.4, 0.5) is 0 Å². The Hall–Kier alpha value is -7.04. The van der Waals surface area contributed by atoms with Gasteiger partial charge in [0.2, 0.25) is 0 Å². The molecule has 1 aliphatic rings. The lowest BCUT2D eigenvalue weighted by molar-refractivity contribution is 0.668. The van der Waals surface area contributed by atoms with Gasteiger partial charge in [0.1, 0.15) is 23.2 Å². The minimum atomic E-state index is -0.393. The summed E-state index contributed by atoms with van der Waals surface area (Å²) in [6.07, 6.45) is -0.393. The first kappa shape index (κ1) is 30.8. The van der Waals surface area contributed by atoms with Crippen LogP contribution >= 0.6 is 0 Å². The fourth-order valence-corrected chi connectivity index (χ4v) is 7.50. The number of amidine groups is 2. The van der Waals surface area contributed by atoms with Gasteiger partial charge in [-0.25, -0.2) is 9.98 Å². The summed E-state index contributed by atoms with van der Waals surface area (Å²) in [6.45, 7) is 0. The molecule has 0 aliphatic carbocycles. The molecule has 8 aromatic carbocycles. The minimum Gasteiger partial charge on any atom is -0.456 e.